The molecule has 1 saturated carbocycles. The van der Waals surface area contributed by atoms with E-state index in [0.29, 0.717) is 25.4 Å². The standard InChI is InChI=1S/C18H30FN3O2/c19-16(13-14-5-2-1-3-6-14)17(23)21-11-7-15(8-12-21)22-10-4-9-20-18(22)24/h14-16H,1-13H2,(H,20,24)/t16-/m1/s1. The summed E-state index contributed by atoms with van der Waals surface area (Å²) in [5, 5.41) is 2.87. The molecule has 1 N–H and O–H groups in total. The van der Waals surface area contributed by atoms with Gasteiger partial charge in [0.25, 0.3) is 5.91 Å². The first-order valence-corrected chi connectivity index (χ1v) is 9.62. The Balaban J connectivity index is 1.45. The minimum absolute atomic E-state index is 0.00620. The number of rotatable bonds is 4. The van der Waals surface area contributed by atoms with E-state index in [0.717, 1.165) is 45.2 Å². The highest BCUT2D eigenvalue weighted by Gasteiger charge is 2.33. The molecule has 1 atom stereocenters. The van der Waals surface area contributed by atoms with Gasteiger partial charge in [-0.2, -0.15) is 0 Å². The van der Waals surface area contributed by atoms with E-state index in [-0.39, 0.29) is 18.0 Å². The van der Waals surface area contributed by atoms with E-state index >= 15 is 0 Å². The molecular weight excluding hydrogens is 309 g/mol. The Labute approximate surface area is 143 Å². The Morgan fingerprint density at radius 2 is 1.79 bits per heavy atom. The summed E-state index contributed by atoms with van der Waals surface area (Å²) in [5.41, 5.74) is 0. The molecular formula is C18H30FN3O2. The zero-order chi connectivity index (χ0) is 16.9. The predicted octanol–water partition coefficient (Wildman–Crippen LogP) is 2.70. The third-order valence-corrected chi connectivity index (χ3v) is 5.86. The Morgan fingerprint density at radius 3 is 2.46 bits per heavy atom. The van der Waals surface area contributed by atoms with Crippen molar-refractivity contribution < 1.29 is 14.0 Å². The largest absolute Gasteiger partial charge is 0.340 e. The molecule has 24 heavy (non-hydrogen) atoms. The van der Waals surface area contributed by atoms with Gasteiger partial charge in [0, 0.05) is 32.2 Å². The van der Waals surface area contributed by atoms with Crippen molar-refractivity contribution in [3.63, 3.8) is 0 Å². The summed E-state index contributed by atoms with van der Waals surface area (Å²) < 4.78 is 14.4. The molecule has 0 spiro atoms. The predicted molar refractivity (Wildman–Crippen MR) is 90.4 cm³/mol. The summed E-state index contributed by atoms with van der Waals surface area (Å²) >= 11 is 0. The van der Waals surface area contributed by atoms with E-state index in [9.17, 15) is 14.0 Å². The fraction of sp³-hybridized carbons (Fsp3) is 0.889. The number of hydrogen-bond acceptors (Lipinski definition) is 2. The highest BCUT2D eigenvalue weighted by molar-refractivity contribution is 5.81. The molecule has 6 heteroatoms. The molecule has 5 nitrogen and oxygen atoms in total. The lowest BCUT2D eigenvalue weighted by Crippen LogP contribution is -2.55. The van der Waals surface area contributed by atoms with Crippen LogP contribution in [0.3, 0.4) is 0 Å². The van der Waals surface area contributed by atoms with Crippen LogP contribution in [0.5, 0.6) is 0 Å². The summed E-state index contributed by atoms with van der Waals surface area (Å²) in [7, 11) is 0. The monoisotopic (exact) mass is 339 g/mol. The van der Waals surface area contributed by atoms with Crippen LogP contribution in [0.4, 0.5) is 9.18 Å². The molecule has 0 aromatic heterocycles. The fourth-order valence-corrected chi connectivity index (χ4v) is 4.41. The first-order chi connectivity index (χ1) is 11.6. The zero-order valence-corrected chi connectivity index (χ0v) is 14.5. The number of nitrogens with one attached hydrogen (secondary N) is 1. The highest BCUT2D eigenvalue weighted by Crippen LogP contribution is 2.29. The van der Waals surface area contributed by atoms with Crippen LogP contribution in [0.2, 0.25) is 0 Å². The number of piperidine rings is 1. The van der Waals surface area contributed by atoms with Crippen LogP contribution in [0.1, 0.15) is 57.8 Å². The maximum atomic E-state index is 14.4. The van der Waals surface area contributed by atoms with Crippen LogP contribution in [-0.4, -0.2) is 60.1 Å². The molecule has 3 fully saturated rings. The second kappa shape index (κ2) is 8.17. The number of likely N-dealkylation sites (tertiary alicyclic amines) is 1. The van der Waals surface area contributed by atoms with Gasteiger partial charge in [0.1, 0.15) is 0 Å². The SMILES string of the molecule is O=C([C@H](F)CC1CCCCC1)N1CCC(N2CCCNC2=O)CC1. The number of urea groups is 1. The van der Waals surface area contributed by atoms with E-state index in [4.69, 9.17) is 0 Å². The lowest BCUT2D eigenvalue weighted by molar-refractivity contribution is -0.138. The number of amides is 3. The number of carbonyl (C=O) groups excluding carboxylic acids is 2. The van der Waals surface area contributed by atoms with Gasteiger partial charge in [0.05, 0.1) is 0 Å². The molecule has 0 aromatic rings. The molecule has 2 heterocycles. The Hall–Kier alpha value is -1.33. The molecule has 0 aromatic carbocycles. The third kappa shape index (κ3) is 4.19. The van der Waals surface area contributed by atoms with Gasteiger partial charge in [-0.1, -0.05) is 32.1 Å². The first-order valence-electron chi connectivity index (χ1n) is 9.62. The maximum absolute atomic E-state index is 14.4. The van der Waals surface area contributed by atoms with Crippen molar-refractivity contribution in [1.82, 2.24) is 15.1 Å². The van der Waals surface area contributed by atoms with Crippen molar-refractivity contribution in [3.05, 3.63) is 0 Å². The second-order valence-electron chi connectivity index (χ2n) is 7.54. The van der Waals surface area contributed by atoms with Crippen molar-refractivity contribution in [2.45, 2.75) is 70.0 Å². The number of carbonyl (C=O) groups is 2. The minimum Gasteiger partial charge on any atom is -0.340 e. The quantitative estimate of drug-likeness (QED) is 0.856. The van der Waals surface area contributed by atoms with Crippen LogP contribution in [0.15, 0.2) is 0 Å². The molecule has 2 aliphatic heterocycles. The normalized spacial score (nSPS) is 25.5. The topological polar surface area (TPSA) is 52.7 Å². The van der Waals surface area contributed by atoms with Crippen LogP contribution in [0.25, 0.3) is 0 Å². The van der Waals surface area contributed by atoms with Crippen molar-refractivity contribution in [2.75, 3.05) is 26.2 Å². The Kier molecular flexibility index (Phi) is 5.95. The van der Waals surface area contributed by atoms with Crippen LogP contribution in [-0.2, 0) is 4.79 Å². The summed E-state index contributed by atoms with van der Waals surface area (Å²) in [6, 6.07) is 0.192. The number of nitrogens with zero attached hydrogens (tertiary/aromatic N) is 2. The number of halogens is 1. The van der Waals surface area contributed by atoms with Crippen LogP contribution >= 0.6 is 0 Å². The smallest absolute Gasteiger partial charge is 0.317 e. The van der Waals surface area contributed by atoms with Gasteiger partial charge in [0.2, 0.25) is 0 Å². The summed E-state index contributed by atoms with van der Waals surface area (Å²) in [6.07, 6.45) is 7.28. The van der Waals surface area contributed by atoms with E-state index < -0.39 is 6.17 Å². The molecule has 3 amide bonds. The third-order valence-electron chi connectivity index (χ3n) is 5.86. The van der Waals surface area contributed by atoms with Gasteiger partial charge in [-0.3, -0.25) is 4.79 Å². The molecule has 0 unspecified atom stereocenters. The van der Waals surface area contributed by atoms with Gasteiger partial charge in [-0.25, -0.2) is 9.18 Å². The molecule has 0 bridgehead atoms. The van der Waals surface area contributed by atoms with Crippen molar-refractivity contribution >= 4 is 11.9 Å². The fourth-order valence-electron chi connectivity index (χ4n) is 4.41. The van der Waals surface area contributed by atoms with Crippen molar-refractivity contribution in [2.24, 2.45) is 5.92 Å². The van der Waals surface area contributed by atoms with Crippen LogP contribution < -0.4 is 5.32 Å². The van der Waals surface area contributed by atoms with Gasteiger partial charge in [0.15, 0.2) is 6.17 Å². The van der Waals surface area contributed by atoms with E-state index in [1.165, 1.54) is 19.3 Å². The van der Waals surface area contributed by atoms with Gasteiger partial charge in [-0.05, 0) is 31.6 Å². The summed E-state index contributed by atoms with van der Waals surface area (Å²) in [4.78, 5) is 27.9. The second-order valence-corrected chi connectivity index (χ2v) is 7.54. The summed E-state index contributed by atoms with van der Waals surface area (Å²) in [6.45, 7) is 2.67. The van der Waals surface area contributed by atoms with Crippen LogP contribution in [0, 0.1) is 5.92 Å². The van der Waals surface area contributed by atoms with E-state index in [1.807, 2.05) is 4.90 Å². The number of alkyl halides is 1. The zero-order valence-electron chi connectivity index (χ0n) is 14.5. The van der Waals surface area contributed by atoms with Crippen molar-refractivity contribution in [1.29, 1.82) is 0 Å². The van der Waals surface area contributed by atoms with E-state index in [2.05, 4.69) is 5.32 Å². The molecule has 3 aliphatic rings. The average Bonchev–Trinajstić information content (AvgIpc) is 2.62. The van der Waals surface area contributed by atoms with Gasteiger partial charge >= 0.3 is 6.03 Å². The molecule has 3 rings (SSSR count). The maximum Gasteiger partial charge on any atom is 0.317 e. The van der Waals surface area contributed by atoms with Gasteiger partial charge < -0.3 is 15.1 Å². The Bertz CT molecular complexity index is 446. The lowest BCUT2D eigenvalue weighted by atomic mass is 9.85. The molecule has 136 valence electrons. The summed E-state index contributed by atoms with van der Waals surface area (Å²) in [5.74, 6) is 0.0504. The highest BCUT2D eigenvalue weighted by atomic mass is 19.1. The molecule has 1 aliphatic carbocycles. The average molecular weight is 339 g/mol. The Morgan fingerprint density at radius 1 is 1.08 bits per heavy atom. The minimum atomic E-state index is -1.34. The first kappa shape index (κ1) is 17.5. The van der Waals surface area contributed by atoms with Crippen molar-refractivity contribution in [3.8, 4) is 0 Å². The number of hydrogen-bond donors (Lipinski definition) is 1. The van der Waals surface area contributed by atoms with Gasteiger partial charge in [-0.15, -0.1) is 0 Å². The van der Waals surface area contributed by atoms with E-state index in [1.54, 1.807) is 4.90 Å². The molecule has 0 radical (unpaired) electrons. The lowest BCUT2D eigenvalue weighted by Gasteiger charge is -2.40. The molecule has 2 saturated heterocycles.